The van der Waals surface area contributed by atoms with E-state index in [9.17, 15) is 4.79 Å². The molecule has 116 valence electrons. The van der Waals surface area contributed by atoms with Crippen LogP contribution in [0.3, 0.4) is 0 Å². The van der Waals surface area contributed by atoms with Crippen molar-refractivity contribution in [2.24, 2.45) is 11.1 Å². The summed E-state index contributed by atoms with van der Waals surface area (Å²) in [7, 11) is 3.13. The molecule has 1 aliphatic heterocycles. The number of carbonyl (C=O) groups is 1. The highest BCUT2D eigenvalue weighted by Gasteiger charge is 2.39. The van der Waals surface area contributed by atoms with Crippen LogP contribution in [0.5, 0.6) is 11.5 Å². The Labute approximate surface area is 124 Å². The van der Waals surface area contributed by atoms with Crippen LogP contribution in [0.4, 0.5) is 5.69 Å². The average molecular weight is 294 g/mol. The molecular weight excluding hydrogens is 272 g/mol. The van der Waals surface area contributed by atoms with Crippen molar-refractivity contribution in [3.63, 3.8) is 0 Å². The van der Waals surface area contributed by atoms with E-state index in [0.717, 1.165) is 0 Å². The fourth-order valence-corrected chi connectivity index (χ4v) is 2.44. The van der Waals surface area contributed by atoms with Crippen LogP contribution in [0.15, 0.2) is 18.2 Å². The van der Waals surface area contributed by atoms with Crippen molar-refractivity contribution in [3.8, 4) is 11.5 Å². The highest BCUT2D eigenvalue weighted by Crippen LogP contribution is 2.34. The second kappa shape index (κ2) is 6.78. The number of methoxy groups -OCH3 is 2. The number of nitrogens with one attached hydrogen (secondary N) is 1. The Morgan fingerprint density at radius 1 is 1.33 bits per heavy atom. The first-order valence-electron chi connectivity index (χ1n) is 6.96. The molecule has 6 heteroatoms. The largest absolute Gasteiger partial charge is 0.497 e. The van der Waals surface area contributed by atoms with Crippen LogP contribution in [0.1, 0.15) is 12.8 Å². The molecule has 0 aromatic heterocycles. The topological polar surface area (TPSA) is 82.8 Å². The van der Waals surface area contributed by atoms with Crippen LogP contribution in [-0.2, 0) is 9.53 Å². The second-order valence-corrected chi connectivity index (χ2v) is 5.12. The van der Waals surface area contributed by atoms with Gasteiger partial charge in [-0.1, -0.05) is 0 Å². The zero-order valence-electron chi connectivity index (χ0n) is 12.5. The summed E-state index contributed by atoms with van der Waals surface area (Å²) in [6.07, 6.45) is 1.27. The maximum absolute atomic E-state index is 12.6. The Morgan fingerprint density at radius 2 is 2.05 bits per heavy atom. The van der Waals surface area contributed by atoms with Gasteiger partial charge in [0.15, 0.2) is 0 Å². The molecule has 0 spiro atoms. The third-order valence-electron chi connectivity index (χ3n) is 3.98. The van der Waals surface area contributed by atoms with Crippen molar-refractivity contribution in [2.45, 2.75) is 12.8 Å². The lowest BCUT2D eigenvalue weighted by atomic mass is 9.79. The van der Waals surface area contributed by atoms with Crippen molar-refractivity contribution < 1.29 is 19.0 Å². The van der Waals surface area contributed by atoms with Gasteiger partial charge in [0.25, 0.3) is 0 Å². The minimum atomic E-state index is -0.566. The van der Waals surface area contributed by atoms with E-state index in [4.69, 9.17) is 19.9 Å². The van der Waals surface area contributed by atoms with Crippen LogP contribution >= 0.6 is 0 Å². The molecule has 1 aromatic rings. The van der Waals surface area contributed by atoms with Gasteiger partial charge in [-0.15, -0.1) is 0 Å². The lowest BCUT2D eigenvalue weighted by Crippen LogP contribution is -2.46. The van der Waals surface area contributed by atoms with Gasteiger partial charge in [0, 0.05) is 25.8 Å². The molecule has 21 heavy (non-hydrogen) atoms. The SMILES string of the molecule is COc1ccc(NC(=O)C2(CN)CCOCC2)c(OC)c1. The van der Waals surface area contributed by atoms with E-state index in [1.54, 1.807) is 32.4 Å². The number of benzene rings is 1. The molecule has 1 saturated heterocycles. The number of nitrogens with two attached hydrogens (primary N) is 1. The molecule has 1 amide bonds. The number of rotatable bonds is 5. The molecule has 1 fully saturated rings. The molecule has 1 aromatic carbocycles. The molecule has 0 bridgehead atoms. The Balaban J connectivity index is 2.18. The Kier molecular flexibility index (Phi) is 5.03. The molecule has 1 aliphatic rings. The summed E-state index contributed by atoms with van der Waals surface area (Å²) in [6, 6.07) is 5.27. The van der Waals surface area contributed by atoms with Crippen LogP contribution in [0.25, 0.3) is 0 Å². The van der Waals surface area contributed by atoms with Gasteiger partial charge in [0.1, 0.15) is 11.5 Å². The normalized spacial score (nSPS) is 17.1. The smallest absolute Gasteiger partial charge is 0.232 e. The Morgan fingerprint density at radius 3 is 2.62 bits per heavy atom. The molecule has 3 N–H and O–H groups in total. The third-order valence-corrected chi connectivity index (χ3v) is 3.98. The zero-order valence-corrected chi connectivity index (χ0v) is 12.5. The van der Waals surface area contributed by atoms with Crippen LogP contribution < -0.4 is 20.5 Å². The molecule has 0 radical (unpaired) electrons. The Hall–Kier alpha value is -1.79. The van der Waals surface area contributed by atoms with Gasteiger partial charge in [-0.2, -0.15) is 0 Å². The number of amides is 1. The van der Waals surface area contributed by atoms with E-state index < -0.39 is 5.41 Å². The van der Waals surface area contributed by atoms with Gasteiger partial charge in [0.05, 0.1) is 25.3 Å². The minimum Gasteiger partial charge on any atom is -0.497 e. The molecule has 0 aliphatic carbocycles. The number of ether oxygens (including phenoxy) is 3. The Bertz CT molecular complexity index is 498. The zero-order chi connectivity index (χ0) is 15.3. The first kappa shape index (κ1) is 15.6. The summed E-state index contributed by atoms with van der Waals surface area (Å²) in [5.41, 5.74) is 5.89. The highest BCUT2D eigenvalue weighted by molar-refractivity contribution is 5.97. The first-order valence-corrected chi connectivity index (χ1v) is 6.96. The van der Waals surface area contributed by atoms with Gasteiger partial charge in [0.2, 0.25) is 5.91 Å². The quantitative estimate of drug-likeness (QED) is 0.857. The van der Waals surface area contributed by atoms with E-state index in [0.29, 0.717) is 49.8 Å². The van der Waals surface area contributed by atoms with Gasteiger partial charge in [-0.3, -0.25) is 4.79 Å². The van der Waals surface area contributed by atoms with Crippen LogP contribution in [0.2, 0.25) is 0 Å². The summed E-state index contributed by atoms with van der Waals surface area (Å²) in [4.78, 5) is 12.6. The number of carbonyl (C=O) groups excluding carboxylic acids is 1. The minimum absolute atomic E-state index is 0.0863. The third kappa shape index (κ3) is 3.28. The summed E-state index contributed by atoms with van der Waals surface area (Å²) in [5.74, 6) is 1.14. The lowest BCUT2D eigenvalue weighted by Gasteiger charge is -2.34. The van der Waals surface area contributed by atoms with E-state index >= 15 is 0 Å². The van der Waals surface area contributed by atoms with E-state index in [2.05, 4.69) is 5.32 Å². The molecule has 0 unspecified atom stereocenters. The average Bonchev–Trinajstić information content (AvgIpc) is 2.55. The van der Waals surface area contributed by atoms with Crippen molar-refractivity contribution in [1.29, 1.82) is 0 Å². The maximum atomic E-state index is 12.6. The number of hydrogen-bond acceptors (Lipinski definition) is 5. The monoisotopic (exact) mass is 294 g/mol. The van der Waals surface area contributed by atoms with Gasteiger partial charge in [-0.25, -0.2) is 0 Å². The molecule has 2 rings (SSSR count). The van der Waals surface area contributed by atoms with E-state index in [-0.39, 0.29) is 5.91 Å². The summed E-state index contributed by atoms with van der Waals surface area (Å²) >= 11 is 0. The first-order chi connectivity index (χ1) is 10.1. The second-order valence-electron chi connectivity index (χ2n) is 5.12. The van der Waals surface area contributed by atoms with Crippen molar-refractivity contribution in [1.82, 2.24) is 0 Å². The highest BCUT2D eigenvalue weighted by atomic mass is 16.5. The fraction of sp³-hybridized carbons (Fsp3) is 0.533. The lowest BCUT2D eigenvalue weighted by molar-refractivity contribution is -0.130. The number of anilines is 1. The fourth-order valence-electron chi connectivity index (χ4n) is 2.44. The van der Waals surface area contributed by atoms with E-state index in [1.165, 1.54) is 0 Å². The van der Waals surface area contributed by atoms with Crippen molar-refractivity contribution in [3.05, 3.63) is 18.2 Å². The van der Waals surface area contributed by atoms with Crippen LogP contribution in [-0.4, -0.2) is 39.9 Å². The summed E-state index contributed by atoms with van der Waals surface area (Å²) in [6.45, 7) is 1.43. The van der Waals surface area contributed by atoms with Gasteiger partial charge in [-0.05, 0) is 25.0 Å². The molecular formula is C15H22N2O4. The summed E-state index contributed by atoms with van der Waals surface area (Å²) in [5, 5.41) is 2.92. The molecule has 0 saturated carbocycles. The molecule has 6 nitrogen and oxygen atoms in total. The molecule has 0 atom stereocenters. The van der Waals surface area contributed by atoms with Crippen molar-refractivity contribution >= 4 is 11.6 Å². The standard InChI is InChI=1S/C15H22N2O4/c1-19-11-3-4-12(13(9-11)20-2)17-14(18)15(10-16)5-7-21-8-6-15/h3-4,9H,5-8,10,16H2,1-2H3,(H,17,18). The van der Waals surface area contributed by atoms with E-state index in [1.807, 2.05) is 0 Å². The predicted molar refractivity (Wildman–Crippen MR) is 79.7 cm³/mol. The van der Waals surface area contributed by atoms with Gasteiger partial charge < -0.3 is 25.3 Å². The van der Waals surface area contributed by atoms with Crippen LogP contribution in [0, 0.1) is 5.41 Å². The van der Waals surface area contributed by atoms with Crippen molar-refractivity contribution in [2.75, 3.05) is 39.3 Å². The maximum Gasteiger partial charge on any atom is 0.232 e. The summed E-state index contributed by atoms with van der Waals surface area (Å²) < 4.78 is 15.8. The number of hydrogen-bond donors (Lipinski definition) is 2. The van der Waals surface area contributed by atoms with Gasteiger partial charge >= 0.3 is 0 Å². The molecule has 1 heterocycles. The predicted octanol–water partition coefficient (Wildman–Crippen LogP) is 1.40.